The highest BCUT2D eigenvalue weighted by Gasteiger charge is 2.20. The van der Waals surface area contributed by atoms with E-state index >= 15 is 0 Å². The van der Waals surface area contributed by atoms with Gasteiger partial charge in [0, 0.05) is 30.6 Å². The van der Waals surface area contributed by atoms with Gasteiger partial charge in [-0.1, -0.05) is 6.92 Å². The summed E-state index contributed by atoms with van der Waals surface area (Å²) in [5, 5.41) is 4.39. The van der Waals surface area contributed by atoms with Gasteiger partial charge in [-0.2, -0.15) is 0 Å². The summed E-state index contributed by atoms with van der Waals surface area (Å²) in [6.07, 6.45) is 5.85. The number of hydrogen-bond donors (Lipinski definition) is 1. The zero-order valence-electron chi connectivity index (χ0n) is 11.9. The molecule has 1 aromatic heterocycles. The maximum Gasteiger partial charge on any atom is 0.224 e. The molecule has 1 amide bonds. The van der Waals surface area contributed by atoms with Crippen LogP contribution in [0.5, 0.6) is 0 Å². The highest BCUT2D eigenvalue weighted by molar-refractivity contribution is 7.11. The van der Waals surface area contributed by atoms with Crippen LogP contribution in [0.25, 0.3) is 0 Å². The van der Waals surface area contributed by atoms with Gasteiger partial charge in [0.2, 0.25) is 5.91 Å². The molecule has 2 rings (SSSR count). The van der Waals surface area contributed by atoms with Gasteiger partial charge in [0.1, 0.15) is 5.01 Å². The summed E-state index contributed by atoms with van der Waals surface area (Å²) in [6.45, 7) is 3.81. The lowest BCUT2D eigenvalue weighted by Gasteiger charge is -2.18. The highest BCUT2D eigenvalue weighted by Crippen LogP contribution is 2.16. The molecule has 1 aliphatic heterocycles. The van der Waals surface area contributed by atoms with Crippen molar-refractivity contribution in [2.45, 2.75) is 45.2 Å². The van der Waals surface area contributed by atoms with E-state index in [2.05, 4.69) is 17.2 Å². The Hall–Kier alpha value is -0.360. The Kier molecular flexibility index (Phi) is 9.38. The van der Waals surface area contributed by atoms with Crippen LogP contribution in [-0.4, -0.2) is 35.4 Å². The number of carbonyl (C=O) groups excluding carboxylic acids is 1. The third-order valence-corrected chi connectivity index (χ3v) is 4.46. The number of carbonyl (C=O) groups is 1. The van der Waals surface area contributed by atoms with Crippen LogP contribution in [0.15, 0.2) is 6.20 Å². The molecule has 4 nitrogen and oxygen atoms in total. The molecule has 1 N–H and O–H groups in total. The van der Waals surface area contributed by atoms with E-state index < -0.39 is 0 Å². The quantitative estimate of drug-likeness (QED) is 0.896. The Balaban J connectivity index is 0.00000180. The lowest BCUT2D eigenvalue weighted by Crippen LogP contribution is -2.33. The molecule has 0 saturated carbocycles. The summed E-state index contributed by atoms with van der Waals surface area (Å²) >= 11 is 1.70. The van der Waals surface area contributed by atoms with Crippen LogP contribution < -0.4 is 5.32 Å². The van der Waals surface area contributed by atoms with Crippen molar-refractivity contribution >= 4 is 42.1 Å². The van der Waals surface area contributed by atoms with E-state index in [4.69, 9.17) is 0 Å². The van der Waals surface area contributed by atoms with Gasteiger partial charge in [0.15, 0.2) is 0 Å². The van der Waals surface area contributed by atoms with Crippen molar-refractivity contribution in [3.8, 4) is 0 Å². The van der Waals surface area contributed by atoms with Crippen LogP contribution in [0.4, 0.5) is 0 Å². The Morgan fingerprint density at radius 2 is 2.30 bits per heavy atom. The number of nitrogens with one attached hydrogen (secondary N) is 1. The predicted molar refractivity (Wildman–Crippen MR) is 88.1 cm³/mol. The van der Waals surface area contributed by atoms with Crippen molar-refractivity contribution in [1.29, 1.82) is 0 Å². The summed E-state index contributed by atoms with van der Waals surface area (Å²) in [5.74, 6) is 0.211. The summed E-state index contributed by atoms with van der Waals surface area (Å²) < 4.78 is 0. The van der Waals surface area contributed by atoms with Gasteiger partial charge in [-0.25, -0.2) is 4.98 Å². The molecule has 20 heavy (non-hydrogen) atoms. The summed E-state index contributed by atoms with van der Waals surface area (Å²) in [7, 11) is 1.87. The van der Waals surface area contributed by atoms with Crippen molar-refractivity contribution in [3.63, 3.8) is 0 Å². The second-order valence-corrected chi connectivity index (χ2v) is 6.02. The van der Waals surface area contributed by atoms with Crippen molar-refractivity contribution in [2.75, 3.05) is 13.6 Å². The lowest BCUT2D eigenvalue weighted by atomic mass is 10.1. The van der Waals surface area contributed by atoms with Crippen LogP contribution in [0.1, 0.15) is 36.1 Å². The number of amides is 1. The number of rotatable bonds is 5. The van der Waals surface area contributed by atoms with Gasteiger partial charge >= 0.3 is 0 Å². The fraction of sp³-hybridized carbons (Fsp3) is 0.692. The monoisotopic (exact) mass is 339 g/mol. The molecular formula is C13H23Cl2N3OS. The molecule has 0 aromatic carbocycles. The highest BCUT2D eigenvalue weighted by atomic mass is 35.5. The van der Waals surface area contributed by atoms with Crippen LogP contribution in [0, 0.1) is 0 Å². The second-order valence-electron chi connectivity index (χ2n) is 4.82. The third-order valence-electron chi connectivity index (χ3n) is 3.33. The van der Waals surface area contributed by atoms with Gasteiger partial charge < -0.3 is 10.2 Å². The normalized spacial score (nSPS) is 17.2. The van der Waals surface area contributed by atoms with Gasteiger partial charge in [-0.3, -0.25) is 4.79 Å². The second kappa shape index (κ2) is 9.55. The standard InChI is InChI=1S/C13H21N3OS.2ClH/c1-3-11-8-15-12(18-11)9-16(2)13(17)7-10-5-4-6-14-10;;/h8,10,14H,3-7,9H2,1-2H3;2*1H. The minimum absolute atomic E-state index is 0. The molecule has 1 saturated heterocycles. The largest absolute Gasteiger partial charge is 0.339 e. The number of hydrogen-bond acceptors (Lipinski definition) is 4. The first-order valence-corrected chi connectivity index (χ1v) is 7.41. The van der Waals surface area contributed by atoms with Crippen molar-refractivity contribution in [2.24, 2.45) is 0 Å². The van der Waals surface area contributed by atoms with Crippen LogP contribution in [0.3, 0.4) is 0 Å². The number of aromatic nitrogens is 1. The molecule has 0 aliphatic carbocycles. The minimum atomic E-state index is 0. The number of nitrogens with zero attached hydrogens (tertiary/aromatic N) is 2. The van der Waals surface area contributed by atoms with Crippen LogP contribution in [0.2, 0.25) is 0 Å². The van der Waals surface area contributed by atoms with Crippen molar-refractivity contribution in [1.82, 2.24) is 15.2 Å². The molecule has 1 aliphatic rings. The Morgan fingerprint density at radius 3 is 2.85 bits per heavy atom. The number of aryl methyl sites for hydroxylation is 1. The first-order chi connectivity index (χ1) is 8.69. The van der Waals surface area contributed by atoms with E-state index in [0.717, 1.165) is 24.4 Å². The predicted octanol–water partition coefficient (Wildman–Crippen LogP) is 2.65. The number of halogens is 2. The third kappa shape index (κ3) is 5.56. The zero-order valence-corrected chi connectivity index (χ0v) is 14.4. The zero-order chi connectivity index (χ0) is 13.0. The van der Waals surface area contributed by atoms with Crippen LogP contribution in [-0.2, 0) is 17.8 Å². The van der Waals surface area contributed by atoms with E-state index in [-0.39, 0.29) is 30.7 Å². The Bertz CT molecular complexity index is 408. The average Bonchev–Trinajstić information content (AvgIpc) is 3.00. The molecule has 116 valence electrons. The van der Waals surface area contributed by atoms with E-state index in [9.17, 15) is 4.79 Å². The first kappa shape index (κ1) is 19.6. The maximum atomic E-state index is 12.0. The molecule has 0 bridgehead atoms. The van der Waals surface area contributed by atoms with Crippen molar-refractivity contribution < 1.29 is 4.79 Å². The molecule has 2 heterocycles. The fourth-order valence-corrected chi connectivity index (χ4v) is 3.09. The Morgan fingerprint density at radius 1 is 1.55 bits per heavy atom. The Labute approximate surface area is 137 Å². The first-order valence-electron chi connectivity index (χ1n) is 6.60. The molecular weight excluding hydrogens is 317 g/mol. The molecule has 1 fully saturated rings. The fourth-order valence-electron chi connectivity index (χ4n) is 2.17. The molecule has 7 heteroatoms. The van der Waals surface area contributed by atoms with Gasteiger partial charge in [-0.15, -0.1) is 36.2 Å². The smallest absolute Gasteiger partial charge is 0.224 e. The van der Waals surface area contributed by atoms with Gasteiger partial charge in [0.25, 0.3) is 0 Å². The summed E-state index contributed by atoms with van der Waals surface area (Å²) in [6, 6.07) is 0.377. The maximum absolute atomic E-state index is 12.0. The molecule has 1 atom stereocenters. The summed E-state index contributed by atoms with van der Waals surface area (Å²) in [4.78, 5) is 19.5. The van der Waals surface area contributed by atoms with E-state index in [1.54, 1.807) is 16.2 Å². The number of thiazole rings is 1. The van der Waals surface area contributed by atoms with Crippen molar-refractivity contribution in [3.05, 3.63) is 16.1 Å². The SMILES string of the molecule is CCc1cnc(CN(C)C(=O)CC2CCCN2)s1.Cl.Cl. The molecule has 1 unspecified atom stereocenters. The van der Waals surface area contributed by atoms with E-state index in [1.807, 2.05) is 13.2 Å². The minimum Gasteiger partial charge on any atom is -0.339 e. The molecule has 1 aromatic rings. The topological polar surface area (TPSA) is 45.2 Å². The summed E-state index contributed by atoms with van der Waals surface area (Å²) in [5.41, 5.74) is 0. The average molecular weight is 340 g/mol. The van der Waals surface area contributed by atoms with E-state index in [1.165, 1.54) is 11.3 Å². The van der Waals surface area contributed by atoms with E-state index in [0.29, 0.717) is 19.0 Å². The lowest BCUT2D eigenvalue weighted by molar-refractivity contribution is -0.130. The molecule has 0 radical (unpaired) electrons. The molecule has 0 spiro atoms. The van der Waals surface area contributed by atoms with Gasteiger partial charge in [-0.05, 0) is 25.8 Å². The van der Waals surface area contributed by atoms with Gasteiger partial charge in [0.05, 0.1) is 6.54 Å². The van der Waals surface area contributed by atoms with Crippen LogP contribution >= 0.6 is 36.2 Å².